The van der Waals surface area contributed by atoms with E-state index in [2.05, 4.69) is 24.8 Å². The van der Waals surface area contributed by atoms with Crippen LogP contribution in [-0.4, -0.2) is 37.1 Å². The van der Waals surface area contributed by atoms with Gasteiger partial charge in [0.15, 0.2) is 0 Å². The molecule has 0 spiro atoms. The van der Waals surface area contributed by atoms with Gasteiger partial charge in [-0.25, -0.2) is 0 Å². The first-order valence-corrected chi connectivity index (χ1v) is 9.95. The average Bonchev–Trinajstić information content (AvgIpc) is 2.62. The van der Waals surface area contributed by atoms with Crippen molar-refractivity contribution in [1.82, 2.24) is 4.90 Å². The molecule has 0 amide bonds. The number of halogens is 1. The van der Waals surface area contributed by atoms with Gasteiger partial charge in [0.1, 0.15) is 0 Å². The molecule has 1 unspecified atom stereocenters. The van der Waals surface area contributed by atoms with Crippen LogP contribution in [0.25, 0.3) is 0 Å². The molecule has 5 heteroatoms. The molecule has 1 aromatic rings. The summed E-state index contributed by atoms with van der Waals surface area (Å²) in [5.74, 6) is -0.354. The van der Waals surface area contributed by atoms with E-state index in [4.69, 9.17) is 16.3 Å². The Morgan fingerprint density at radius 3 is 2.38 bits per heavy atom. The van der Waals surface area contributed by atoms with E-state index in [1.54, 1.807) is 13.0 Å². The van der Waals surface area contributed by atoms with Crippen molar-refractivity contribution in [2.75, 3.05) is 26.2 Å². The Kier molecular flexibility index (Phi) is 10.3. The van der Waals surface area contributed by atoms with Gasteiger partial charge in [-0.05, 0) is 63.9 Å². The monoisotopic (exact) mass is 378 g/mol. The lowest BCUT2D eigenvalue weighted by molar-refractivity contribution is -0.144. The maximum Gasteiger partial charge on any atom is 0.307 e. The predicted octanol–water partition coefficient (Wildman–Crippen LogP) is 4.96. The zero-order valence-corrected chi connectivity index (χ0v) is 17.0. The van der Waals surface area contributed by atoms with Gasteiger partial charge in [0, 0.05) is 5.02 Å². The molecule has 0 radical (unpaired) electrons. The van der Waals surface area contributed by atoms with Crippen LogP contribution >= 0.6 is 11.6 Å². The second-order valence-corrected chi connectivity index (χ2v) is 7.01. The first kappa shape index (κ1) is 22.5. The van der Waals surface area contributed by atoms with Gasteiger partial charge in [0.25, 0.3) is 0 Å². The van der Waals surface area contributed by atoms with E-state index in [1.807, 2.05) is 18.2 Å². The van der Waals surface area contributed by atoms with Crippen LogP contribution in [0.5, 0.6) is 0 Å². The van der Waals surface area contributed by atoms with Crippen molar-refractivity contribution in [3.63, 3.8) is 0 Å². The summed E-state index contributed by atoms with van der Waals surface area (Å²) < 4.78 is 5.12. The fraction of sp³-hybridized carbons (Fsp3) is 0.619. The summed E-state index contributed by atoms with van der Waals surface area (Å²) in [4.78, 5) is 14.6. The molecular formula is C21H31ClN2O2. The number of ether oxygens (including phenoxy) is 1. The summed E-state index contributed by atoms with van der Waals surface area (Å²) in [7, 11) is 0. The smallest absolute Gasteiger partial charge is 0.307 e. The van der Waals surface area contributed by atoms with Crippen molar-refractivity contribution in [2.24, 2.45) is 0 Å². The van der Waals surface area contributed by atoms with Crippen molar-refractivity contribution < 1.29 is 9.53 Å². The van der Waals surface area contributed by atoms with E-state index in [9.17, 15) is 10.1 Å². The van der Waals surface area contributed by atoms with Crippen molar-refractivity contribution in [2.45, 2.75) is 58.3 Å². The summed E-state index contributed by atoms with van der Waals surface area (Å²) in [5, 5.41) is 10.5. The Morgan fingerprint density at radius 2 is 1.85 bits per heavy atom. The highest BCUT2D eigenvalue weighted by Gasteiger charge is 2.37. The Bertz CT molecular complexity index is 594. The van der Waals surface area contributed by atoms with Crippen LogP contribution < -0.4 is 0 Å². The summed E-state index contributed by atoms with van der Waals surface area (Å²) >= 11 is 6.38. The molecule has 4 nitrogen and oxygen atoms in total. The molecule has 0 aliphatic rings. The second-order valence-electron chi connectivity index (χ2n) is 6.60. The number of hydrogen-bond donors (Lipinski definition) is 0. The van der Waals surface area contributed by atoms with Crippen molar-refractivity contribution in [3.8, 4) is 6.07 Å². The Balaban J connectivity index is 2.98. The topological polar surface area (TPSA) is 53.3 Å². The largest absolute Gasteiger partial charge is 0.466 e. The van der Waals surface area contributed by atoms with Crippen LogP contribution in [0.2, 0.25) is 5.02 Å². The van der Waals surface area contributed by atoms with Gasteiger partial charge in [0.05, 0.1) is 24.5 Å². The third kappa shape index (κ3) is 6.63. The molecule has 0 aliphatic heterocycles. The fourth-order valence-electron chi connectivity index (χ4n) is 3.35. The number of esters is 1. The SMILES string of the molecule is CCCN(CCC)CCCC(C#N)(CC(=O)OCC)c1ccccc1Cl. The lowest BCUT2D eigenvalue weighted by Crippen LogP contribution is -2.32. The summed E-state index contributed by atoms with van der Waals surface area (Å²) in [6.45, 7) is 9.45. The zero-order chi connectivity index (χ0) is 19.4. The second kappa shape index (κ2) is 11.9. The molecule has 0 aromatic heterocycles. The van der Waals surface area contributed by atoms with Crippen molar-refractivity contribution >= 4 is 17.6 Å². The summed E-state index contributed by atoms with van der Waals surface area (Å²) in [6, 6.07) is 9.71. The maximum atomic E-state index is 12.2. The molecule has 1 rings (SSSR count). The number of carbonyl (C=O) groups is 1. The van der Waals surface area contributed by atoms with Crippen LogP contribution in [0.3, 0.4) is 0 Å². The number of benzene rings is 1. The lowest BCUT2D eigenvalue weighted by atomic mass is 9.75. The van der Waals surface area contributed by atoms with Crippen LogP contribution in [0.1, 0.15) is 58.4 Å². The first-order chi connectivity index (χ1) is 12.5. The Hall–Kier alpha value is -1.57. The molecule has 0 saturated carbocycles. The molecule has 0 saturated heterocycles. The minimum absolute atomic E-state index is 0.0304. The van der Waals surface area contributed by atoms with Gasteiger partial charge in [-0.15, -0.1) is 0 Å². The van der Waals surface area contributed by atoms with Gasteiger partial charge in [-0.2, -0.15) is 5.26 Å². The van der Waals surface area contributed by atoms with Crippen LogP contribution in [0.15, 0.2) is 24.3 Å². The Labute approximate surface area is 163 Å². The summed E-state index contributed by atoms with van der Waals surface area (Å²) in [6.07, 6.45) is 3.66. The lowest BCUT2D eigenvalue weighted by Gasteiger charge is -2.29. The van der Waals surface area contributed by atoms with Gasteiger partial charge >= 0.3 is 5.97 Å². The van der Waals surface area contributed by atoms with E-state index in [0.29, 0.717) is 18.1 Å². The van der Waals surface area contributed by atoms with E-state index in [-0.39, 0.29) is 12.4 Å². The van der Waals surface area contributed by atoms with Gasteiger partial charge < -0.3 is 9.64 Å². The van der Waals surface area contributed by atoms with Gasteiger partial charge in [-0.1, -0.05) is 43.6 Å². The Morgan fingerprint density at radius 1 is 1.19 bits per heavy atom. The molecule has 0 bridgehead atoms. The highest BCUT2D eigenvalue weighted by Crippen LogP contribution is 2.37. The van der Waals surface area contributed by atoms with E-state index >= 15 is 0 Å². The number of nitrogens with zero attached hydrogens (tertiary/aromatic N) is 2. The quantitative estimate of drug-likeness (QED) is 0.482. The number of rotatable bonds is 12. The molecule has 0 aliphatic carbocycles. The van der Waals surface area contributed by atoms with E-state index < -0.39 is 5.41 Å². The number of hydrogen-bond acceptors (Lipinski definition) is 4. The normalized spacial score (nSPS) is 13.2. The van der Waals surface area contributed by atoms with E-state index in [0.717, 1.165) is 44.5 Å². The summed E-state index contributed by atoms with van der Waals surface area (Å²) in [5.41, 5.74) is -0.232. The highest BCUT2D eigenvalue weighted by molar-refractivity contribution is 6.31. The highest BCUT2D eigenvalue weighted by atomic mass is 35.5. The third-order valence-corrected chi connectivity index (χ3v) is 4.84. The average molecular weight is 379 g/mol. The molecule has 0 N–H and O–H groups in total. The maximum absolute atomic E-state index is 12.2. The predicted molar refractivity (Wildman–Crippen MR) is 106 cm³/mol. The fourth-order valence-corrected chi connectivity index (χ4v) is 3.67. The number of carbonyl (C=O) groups excluding carboxylic acids is 1. The third-order valence-electron chi connectivity index (χ3n) is 4.51. The molecule has 1 aromatic carbocycles. The van der Waals surface area contributed by atoms with Gasteiger partial charge in [0.2, 0.25) is 0 Å². The molecule has 0 heterocycles. The number of nitriles is 1. The van der Waals surface area contributed by atoms with E-state index in [1.165, 1.54) is 0 Å². The van der Waals surface area contributed by atoms with Crippen molar-refractivity contribution in [3.05, 3.63) is 34.9 Å². The van der Waals surface area contributed by atoms with Crippen molar-refractivity contribution in [1.29, 1.82) is 5.26 Å². The molecule has 0 fully saturated rings. The van der Waals surface area contributed by atoms with Crippen LogP contribution in [-0.2, 0) is 14.9 Å². The minimum Gasteiger partial charge on any atom is -0.466 e. The molecule has 1 atom stereocenters. The standard InChI is InChI=1S/C21H31ClN2O2/c1-4-13-24(14-5-2)15-9-12-21(17-23,16-20(25)26-6-3)18-10-7-8-11-19(18)22/h7-8,10-11H,4-6,9,12-16H2,1-3H3. The van der Waals surface area contributed by atoms with Gasteiger partial charge in [-0.3, -0.25) is 4.79 Å². The molecular weight excluding hydrogens is 348 g/mol. The van der Waals surface area contributed by atoms with Crippen LogP contribution in [0, 0.1) is 11.3 Å². The zero-order valence-electron chi connectivity index (χ0n) is 16.3. The molecule has 144 valence electrons. The van der Waals surface area contributed by atoms with Crippen LogP contribution in [0.4, 0.5) is 0 Å². The minimum atomic E-state index is -0.950. The first-order valence-electron chi connectivity index (χ1n) is 9.57. The molecule has 26 heavy (non-hydrogen) atoms.